The average Bonchev–Trinajstić information content (AvgIpc) is 3.11. The summed E-state index contributed by atoms with van der Waals surface area (Å²) < 4.78 is 13.2. The maximum Gasteiger partial charge on any atom is 0.254 e. The molecule has 0 atom stereocenters. The topological polar surface area (TPSA) is 40.6 Å². The van der Waals surface area contributed by atoms with Crippen LogP contribution in [-0.2, 0) is 0 Å². The van der Waals surface area contributed by atoms with Gasteiger partial charge in [-0.25, -0.2) is 4.39 Å². The van der Waals surface area contributed by atoms with Crippen molar-refractivity contribution in [2.45, 2.75) is 17.7 Å². The lowest BCUT2D eigenvalue weighted by Crippen LogP contribution is -2.53. The van der Waals surface area contributed by atoms with E-state index in [0.717, 1.165) is 18.6 Å². The van der Waals surface area contributed by atoms with Gasteiger partial charge in [0.25, 0.3) is 11.8 Å². The zero-order valence-electron chi connectivity index (χ0n) is 15.2. The fourth-order valence-corrected chi connectivity index (χ4v) is 5.47. The molecule has 0 N–H and O–H groups in total. The number of carbonyl (C=O) groups is 2. The number of benzene rings is 2. The zero-order chi connectivity index (χ0) is 19.7. The van der Waals surface area contributed by atoms with Crippen LogP contribution in [0.25, 0.3) is 0 Å². The van der Waals surface area contributed by atoms with E-state index in [9.17, 15) is 14.0 Å². The fraction of sp³-hybridized carbons (Fsp3) is 0.333. The third-order valence-electron chi connectivity index (χ3n) is 5.44. The predicted octanol–water partition coefficient (Wildman–Crippen LogP) is 4.30. The highest BCUT2D eigenvalue weighted by Crippen LogP contribution is 2.44. The van der Waals surface area contributed by atoms with Crippen LogP contribution in [0.15, 0.2) is 48.5 Å². The van der Waals surface area contributed by atoms with E-state index < -0.39 is 0 Å². The molecule has 7 heteroatoms. The van der Waals surface area contributed by atoms with Crippen molar-refractivity contribution in [2.75, 3.05) is 25.4 Å². The van der Waals surface area contributed by atoms with Gasteiger partial charge < -0.3 is 9.80 Å². The molecule has 0 radical (unpaired) electrons. The van der Waals surface area contributed by atoms with Crippen molar-refractivity contribution >= 4 is 35.2 Å². The van der Waals surface area contributed by atoms with E-state index >= 15 is 0 Å². The fourth-order valence-electron chi connectivity index (χ4n) is 3.89. The zero-order valence-corrected chi connectivity index (χ0v) is 16.8. The molecule has 1 spiro atoms. The monoisotopic (exact) mass is 418 g/mol. The highest BCUT2D eigenvalue weighted by atomic mass is 35.5. The Kier molecular flexibility index (Phi) is 5.34. The number of thioether (sulfide) groups is 1. The molecule has 2 saturated heterocycles. The number of carbonyl (C=O) groups excluding carboxylic acids is 2. The standard InChI is InChI=1S/C21H20ClFN2O2S/c22-17-5-1-15(2-6-17)19(26)24-11-9-21(10-12-24)25(13-14-28-21)20(27)16-3-7-18(23)8-4-16/h1-8H,9-14H2. The Balaban J connectivity index is 1.46. The molecule has 0 aliphatic carbocycles. The molecule has 28 heavy (non-hydrogen) atoms. The second-order valence-electron chi connectivity index (χ2n) is 7.06. The average molecular weight is 419 g/mol. The van der Waals surface area contributed by atoms with E-state index in [-0.39, 0.29) is 22.5 Å². The first-order valence-electron chi connectivity index (χ1n) is 9.25. The molecule has 2 fully saturated rings. The molecular weight excluding hydrogens is 399 g/mol. The smallest absolute Gasteiger partial charge is 0.254 e. The maximum atomic E-state index is 13.2. The molecule has 2 aromatic rings. The molecule has 2 amide bonds. The minimum atomic E-state index is -0.351. The van der Waals surface area contributed by atoms with Crippen LogP contribution in [-0.4, -0.2) is 51.9 Å². The van der Waals surface area contributed by atoms with Crippen LogP contribution in [0.3, 0.4) is 0 Å². The Morgan fingerprint density at radius 3 is 2.11 bits per heavy atom. The molecule has 2 aromatic carbocycles. The number of hydrogen-bond donors (Lipinski definition) is 0. The van der Waals surface area contributed by atoms with Crippen molar-refractivity contribution in [2.24, 2.45) is 0 Å². The quantitative estimate of drug-likeness (QED) is 0.730. The van der Waals surface area contributed by atoms with Crippen LogP contribution in [0.4, 0.5) is 4.39 Å². The van der Waals surface area contributed by atoms with Crippen molar-refractivity contribution in [3.05, 3.63) is 70.5 Å². The van der Waals surface area contributed by atoms with E-state index in [1.54, 1.807) is 36.0 Å². The Morgan fingerprint density at radius 2 is 1.46 bits per heavy atom. The van der Waals surface area contributed by atoms with E-state index in [2.05, 4.69) is 0 Å². The van der Waals surface area contributed by atoms with Gasteiger partial charge in [0.2, 0.25) is 0 Å². The van der Waals surface area contributed by atoms with Crippen molar-refractivity contribution < 1.29 is 14.0 Å². The number of hydrogen-bond acceptors (Lipinski definition) is 3. The summed E-state index contributed by atoms with van der Waals surface area (Å²) >= 11 is 7.69. The molecule has 146 valence electrons. The summed E-state index contributed by atoms with van der Waals surface area (Å²) in [6.45, 7) is 1.87. The number of rotatable bonds is 2. The highest BCUT2D eigenvalue weighted by molar-refractivity contribution is 8.00. The van der Waals surface area contributed by atoms with Crippen molar-refractivity contribution in [3.63, 3.8) is 0 Å². The van der Waals surface area contributed by atoms with Gasteiger partial charge in [-0.15, -0.1) is 11.8 Å². The van der Waals surface area contributed by atoms with Crippen LogP contribution < -0.4 is 0 Å². The van der Waals surface area contributed by atoms with Crippen LogP contribution in [0.5, 0.6) is 0 Å². The number of nitrogens with zero attached hydrogens (tertiary/aromatic N) is 2. The summed E-state index contributed by atoms with van der Waals surface area (Å²) in [6.07, 6.45) is 1.45. The van der Waals surface area contributed by atoms with Gasteiger partial charge >= 0.3 is 0 Å². The molecule has 2 aliphatic heterocycles. The summed E-state index contributed by atoms with van der Waals surface area (Å²) in [5.74, 6) is 0.447. The number of likely N-dealkylation sites (tertiary alicyclic amines) is 1. The lowest BCUT2D eigenvalue weighted by atomic mass is 10.00. The van der Waals surface area contributed by atoms with Crippen LogP contribution in [0, 0.1) is 5.82 Å². The van der Waals surface area contributed by atoms with Crippen LogP contribution in [0.1, 0.15) is 33.6 Å². The van der Waals surface area contributed by atoms with E-state index in [4.69, 9.17) is 11.6 Å². The van der Waals surface area contributed by atoms with Gasteiger partial charge in [0.15, 0.2) is 0 Å². The van der Waals surface area contributed by atoms with Gasteiger partial charge in [-0.1, -0.05) is 11.6 Å². The first-order chi connectivity index (χ1) is 13.5. The van der Waals surface area contributed by atoms with Gasteiger partial charge in [0.05, 0.1) is 4.87 Å². The van der Waals surface area contributed by atoms with E-state index in [1.165, 1.54) is 24.3 Å². The Labute approximate surface area is 172 Å². The number of halogens is 2. The van der Waals surface area contributed by atoms with E-state index in [1.807, 2.05) is 9.80 Å². The SMILES string of the molecule is O=C(c1ccc(Cl)cc1)N1CCC2(CC1)SCCN2C(=O)c1ccc(F)cc1. The summed E-state index contributed by atoms with van der Waals surface area (Å²) in [5, 5.41) is 0.603. The minimum absolute atomic E-state index is 0.00840. The van der Waals surface area contributed by atoms with Gasteiger partial charge in [-0.3, -0.25) is 9.59 Å². The van der Waals surface area contributed by atoms with Crippen molar-refractivity contribution in [1.29, 1.82) is 0 Å². The van der Waals surface area contributed by atoms with Gasteiger partial charge in [-0.05, 0) is 61.4 Å². The second kappa shape index (κ2) is 7.76. The lowest BCUT2D eigenvalue weighted by molar-refractivity contribution is 0.0498. The summed E-state index contributed by atoms with van der Waals surface area (Å²) in [6, 6.07) is 12.6. The molecule has 0 unspecified atom stereocenters. The third kappa shape index (κ3) is 3.63. The third-order valence-corrected chi connectivity index (χ3v) is 7.24. The van der Waals surface area contributed by atoms with Crippen LogP contribution in [0.2, 0.25) is 5.02 Å². The normalized spacial score (nSPS) is 18.5. The van der Waals surface area contributed by atoms with E-state index in [0.29, 0.717) is 35.8 Å². The maximum absolute atomic E-state index is 13.2. The van der Waals surface area contributed by atoms with Gasteiger partial charge in [-0.2, -0.15) is 0 Å². The first kappa shape index (κ1) is 19.3. The minimum Gasteiger partial charge on any atom is -0.338 e. The van der Waals surface area contributed by atoms with Crippen molar-refractivity contribution in [1.82, 2.24) is 9.80 Å². The molecule has 2 aliphatic rings. The molecule has 0 saturated carbocycles. The predicted molar refractivity (Wildman–Crippen MR) is 109 cm³/mol. The highest BCUT2D eigenvalue weighted by Gasteiger charge is 2.47. The first-order valence-corrected chi connectivity index (χ1v) is 10.6. The number of amides is 2. The Hall–Kier alpha value is -2.05. The summed E-state index contributed by atoms with van der Waals surface area (Å²) in [7, 11) is 0. The van der Waals surface area contributed by atoms with Gasteiger partial charge in [0.1, 0.15) is 5.82 Å². The molecule has 0 bridgehead atoms. The molecule has 0 aromatic heterocycles. The largest absolute Gasteiger partial charge is 0.338 e. The number of piperidine rings is 1. The summed E-state index contributed by atoms with van der Waals surface area (Å²) in [5.41, 5.74) is 1.13. The molecule has 4 nitrogen and oxygen atoms in total. The van der Waals surface area contributed by atoms with Crippen LogP contribution >= 0.6 is 23.4 Å². The van der Waals surface area contributed by atoms with Gasteiger partial charge in [0, 0.05) is 41.5 Å². The second-order valence-corrected chi connectivity index (χ2v) is 8.95. The molecule has 4 rings (SSSR count). The Bertz CT molecular complexity index is 880. The molecular formula is C21H20ClFN2O2S. The summed E-state index contributed by atoms with van der Waals surface area (Å²) in [4.78, 5) is 29.2. The molecule has 2 heterocycles. The lowest BCUT2D eigenvalue weighted by Gasteiger charge is -2.44. The van der Waals surface area contributed by atoms with Crippen molar-refractivity contribution in [3.8, 4) is 0 Å². The Morgan fingerprint density at radius 1 is 0.893 bits per heavy atom.